The van der Waals surface area contributed by atoms with Crippen LogP contribution in [0.25, 0.3) is 0 Å². The van der Waals surface area contributed by atoms with Crippen LogP contribution >= 0.6 is 27.7 Å². The molecule has 0 saturated heterocycles. The fraction of sp³-hybridized carbons (Fsp3) is 0.200. The molecular weight excluding hydrogens is 327 g/mol. The van der Waals surface area contributed by atoms with E-state index in [9.17, 15) is 9.50 Å². The van der Waals surface area contributed by atoms with Crippen LogP contribution in [0, 0.1) is 5.82 Å². The van der Waals surface area contributed by atoms with Crippen LogP contribution in [0.3, 0.4) is 0 Å². The SMILES string of the molecule is OC(c1cccc(Br)c1F)C1Cc2ccccc2S1. The maximum absolute atomic E-state index is 14.0. The quantitative estimate of drug-likeness (QED) is 0.878. The topological polar surface area (TPSA) is 20.2 Å². The molecule has 1 nitrogen and oxygen atoms in total. The Hall–Kier alpha value is -0.840. The summed E-state index contributed by atoms with van der Waals surface area (Å²) in [6.07, 6.45) is -0.0246. The van der Waals surface area contributed by atoms with Crippen LogP contribution in [0.15, 0.2) is 51.8 Å². The Bertz CT molecular complexity index is 592. The van der Waals surface area contributed by atoms with Gasteiger partial charge in [0, 0.05) is 15.7 Å². The number of aliphatic hydroxyl groups is 1. The van der Waals surface area contributed by atoms with Crippen LogP contribution in [0.2, 0.25) is 0 Å². The first-order valence-corrected chi connectivity index (χ1v) is 7.70. The van der Waals surface area contributed by atoms with Gasteiger partial charge in [0.05, 0.1) is 10.6 Å². The maximum atomic E-state index is 14.0. The van der Waals surface area contributed by atoms with Gasteiger partial charge in [0.1, 0.15) is 5.82 Å². The molecule has 0 amide bonds. The molecule has 4 heteroatoms. The molecule has 2 atom stereocenters. The van der Waals surface area contributed by atoms with E-state index in [1.165, 1.54) is 10.5 Å². The van der Waals surface area contributed by atoms with Crippen molar-refractivity contribution < 1.29 is 9.50 Å². The van der Waals surface area contributed by atoms with Gasteiger partial charge >= 0.3 is 0 Å². The van der Waals surface area contributed by atoms with Crippen molar-refractivity contribution in [2.45, 2.75) is 22.7 Å². The Balaban J connectivity index is 1.87. The summed E-state index contributed by atoms with van der Waals surface area (Å²) in [5, 5.41) is 10.4. The highest BCUT2D eigenvalue weighted by Crippen LogP contribution is 2.43. The second-order valence-electron chi connectivity index (χ2n) is 4.56. The van der Waals surface area contributed by atoms with E-state index in [4.69, 9.17) is 0 Å². The molecule has 1 N–H and O–H groups in total. The lowest BCUT2D eigenvalue weighted by Crippen LogP contribution is -2.15. The summed E-state index contributed by atoms with van der Waals surface area (Å²) in [7, 11) is 0. The third kappa shape index (κ3) is 2.45. The largest absolute Gasteiger partial charge is 0.387 e. The highest BCUT2D eigenvalue weighted by molar-refractivity contribution is 9.10. The zero-order chi connectivity index (χ0) is 13.4. The molecule has 3 rings (SSSR count). The number of benzene rings is 2. The van der Waals surface area contributed by atoms with E-state index in [0.29, 0.717) is 10.0 Å². The Kier molecular flexibility index (Phi) is 3.65. The monoisotopic (exact) mass is 338 g/mol. The lowest BCUT2D eigenvalue weighted by Gasteiger charge is -2.18. The van der Waals surface area contributed by atoms with Crippen molar-refractivity contribution in [3.05, 3.63) is 63.9 Å². The minimum absolute atomic E-state index is 0.0267. The molecular formula is C15H12BrFOS. The molecule has 0 bridgehead atoms. The second kappa shape index (κ2) is 5.27. The Morgan fingerprint density at radius 3 is 2.79 bits per heavy atom. The molecule has 0 fully saturated rings. The van der Waals surface area contributed by atoms with Crippen LogP contribution < -0.4 is 0 Å². The summed E-state index contributed by atoms with van der Waals surface area (Å²) >= 11 is 4.78. The Morgan fingerprint density at radius 1 is 1.21 bits per heavy atom. The molecule has 0 aromatic heterocycles. The Labute approximate surface area is 124 Å². The zero-order valence-electron chi connectivity index (χ0n) is 10.0. The van der Waals surface area contributed by atoms with Gasteiger partial charge in [0.2, 0.25) is 0 Å². The van der Waals surface area contributed by atoms with Crippen LogP contribution in [0.4, 0.5) is 4.39 Å². The average molecular weight is 339 g/mol. The lowest BCUT2D eigenvalue weighted by atomic mass is 10.0. The molecule has 1 aliphatic heterocycles. The summed E-state index contributed by atoms with van der Waals surface area (Å²) in [5.41, 5.74) is 1.59. The fourth-order valence-corrected chi connectivity index (χ4v) is 4.04. The average Bonchev–Trinajstić information content (AvgIpc) is 2.85. The van der Waals surface area contributed by atoms with Crippen molar-refractivity contribution in [3.63, 3.8) is 0 Å². The van der Waals surface area contributed by atoms with Crippen LogP contribution in [0.1, 0.15) is 17.2 Å². The molecule has 0 radical (unpaired) electrons. The summed E-state index contributed by atoms with van der Waals surface area (Å²) in [4.78, 5) is 1.18. The van der Waals surface area contributed by atoms with Gasteiger partial charge in [-0.25, -0.2) is 4.39 Å². The summed E-state index contributed by atoms with van der Waals surface area (Å²) in [6, 6.07) is 13.1. The number of thioether (sulfide) groups is 1. The molecule has 2 aromatic rings. The number of aliphatic hydroxyl groups excluding tert-OH is 1. The van der Waals surface area contributed by atoms with Gasteiger partial charge in [0.25, 0.3) is 0 Å². The molecule has 0 spiro atoms. The van der Waals surface area contributed by atoms with E-state index in [1.54, 1.807) is 30.0 Å². The highest BCUT2D eigenvalue weighted by Gasteiger charge is 2.30. The normalized spacial score (nSPS) is 19.2. The molecule has 2 unspecified atom stereocenters. The first kappa shape index (κ1) is 13.2. The van der Waals surface area contributed by atoms with Crippen molar-refractivity contribution in [2.24, 2.45) is 0 Å². The van der Waals surface area contributed by atoms with Gasteiger partial charge in [-0.15, -0.1) is 11.8 Å². The van der Waals surface area contributed by atoms with Crippen molar-refractivity contribution in [3.8, 4) is 0 Å². The minimum atomic E-state index is -0.796. The number of fused-ring (bicyclic) bond motifs is 1. The number of hydrogen-bond acceptors (Lipinski definition) is 2. The molecule has 19 heavy (non-hydrogen) atoms. The molecule has 1 heterocycles. The number of hydrogen-bond donors (Lipinski definition) is 1. The summed E-state index contributed by atoms with van der Waals surface area (Å²) < 4.78 is 14.4. The third-order valence-electron chi connectivity index (χ3n) is 3.32. The van der Waals surface area contributed by atoms with Crippen molar-refractivity contribution >= 4 is 27.7 Å². The van der Waals surface area contributed by atoms with E-state index >= 15 is 0 Å². The van der Waals surface area contributed by atoms with Crippen molar-refractivity contribution in [1.82, 2.24) is 0 Å². The summed E-state index contributed by atoms with van der Waals surface area (Å²) in [6.45, 7) is 0. The number of halogens is 2. The van der Waals surface area contributed by atoms with E-state index in [1.807, 2.05) is 18.2 Å². The van der Waals surface area contributed by atoms with Gasteiger partial charge in [0.15, 0.2) is 0 Å². The molecule has 0 saturated carbocycles. The first-order valence-electron chi connectivity index (χ1n) is 6.03. The van der Waals surface area contributed by atoms with Crippen LogP contribution in [-0.4, -0.2) is 10.4 Å². The van der Waals surface area contributed by atoms with Crippen LogP contribution in [0.5, 0.6) is 0 Å². The predicted octanol–water partition coefficient (Wildman–Crippen LogP) is 4.34. The van der Waals surface area contributed by atoms with E-state index in [-0.39, 0.29) is 11.1 Å². The first-order chi connectivity index (χ1) is 9.16. The number of rotatable bonds is 2. The zero-order valence-corrected chi connectivity index (χ0v) is 12.4. The fourth-order valence-electron chi connectivity index (χ4n) is 2.33. The van der Waals surface area contributed by atoms with E-state index in [2.05, 4.69) is 22.0 Å². The third-order valence-corrected chi connectivity index (χ3v) is 5.32. The highest BCUT2D eigenvalue weighted by atomic mass is 79.9. The van der Waals surface area contributed by atoms with Gasteiger partial charge in [-0.3, -0.25) is 0 Å². The molecule has 1 aliphatic rings. The second-order valence-corrected chi connectivity index (χ2v) is 6.69. The smallest absolute Gasteiger partial charge is 0.143 e. The van der Waals surface area contributed by atoms with E-state index in [0.717, 1.165) is 6.42 Å². The maximum Gasteiger partial charge on any atom is 0.143 e. The molecule has 0 aliphatic carbocycles. The van der Waals surface area contributed by atoms with Crippen LogP contribution in [-0.2, 0) is 6.42 Å². The van der Waals surface area contributed by atoms with Crippen molar-refractivity contribution in [2.75, 3.05) is 0 Å². The van der Waals surface area contributed by atoms with Crippen molar-refractivity contribution in [1.29, 1.82) is 0 Å². The molecule has 2 aromatic carbocycles. The Morgan fingerprint density at radius 2 is 2.00 bits per heavy atom. The van der Waals surface area contributed by atoms with Gasteiger partial charge in [-0.05, 0) is 40.0 Å². The van der Waals surface area contributed by atoms with Gasteiger partial charge < -0.3 is 5.11 Å². The lowest BCUT2D eigenvalue weighted by molar-refractivity contribution is 0.170. The summed E-state index contributed by atoms with van der Waals surface area (Å²) in [5.74, 6) is -0.369. The van der Waals surface area contributed by atoms with Gasteiger partial charge in [-0.2, -0.15) is 0 Å². The van der Waals surface area contributed by atoms with Gasteiger partial charge in [-0.1, -0.05) is 30.3 Å². The predicted molar refractivity (Wildman–Crippen MR) is 78.9 cm³/mol. The van der Waals surface area contributed by atoms with E-state index < -0.39 is 6.10 Å². The minimum Gasteiger partial charge on any atom is -0.387 e. The molecule has 98 valence electrons. The standard InChI is InChI=1S/C15H12BrFOS/c16-11-6-3-5-10(14(11)17)15(18)13-8-9-4-1-2-7-12(9)19-13/h1-7,13,15,18H,8H2.